The molecule has 6 nitrogen and oxygen atoms in total. The van der Waals surface area contributed by atoms with Crippen LogP contribution >= 0.6 is 0 Å². The Kier molecular flexibility index (Phi) is 4.55. The zero-order valence-electron chi connectivity index (χ0n) is 16.5. The fourth-order valence-electron chi connectivity index (χ4n) is 3.30. The Balaban J connectivity index is 1.82. The monoisotopic (exact) mass is 373 g/mol. The fraction of sp³-hybridized carbons (Fsp3) is 0.273. The van der Waals surface area contributed by atoms with Gasteiger partial charge in [-0.15, -0.1) is 0 Å². The first-order valence-electron chi connectivity index (χ1n) is 9.49. The Labute approximate surface area is 163 Å². The molecule has 4 aromatic rings. The van der Waals surface area contributed by atoms with E-state index in [0.29, 0.717) is 5.56 Å². The van der Waals surface area contributed by atoms with Gasteiger partial charge in [-0.3, -0.25) is 9.78 Å². The highest BCUT2D eigenvalue weighted by Crippen LogP contribution is 2.27. The molecule has 0 fully saturated rings. The largest absolute Gasteiger partial charge is 0.321 e. The molecule has 4 rings (SSSR count). The summed E-state index contributed by atoms with van der Waals surface area (Å²) in [4.78, 5) is 22.4. The number of benzene rings is 1. The Morgan fingerprint density at radius 1 is 1.07 bits per heavy atom. The summed E-state index contributed by atoms with van der Waals surface area (Å²) in [5.41, 5.74) is 3.78. The topological polar surface area (TPSA) is 72.7 Å². The molecular weight excluding hydrogens is 350 g/mol. The number of hydrogen-bond donors (Lipinski definition) is 1. The normalized spacial score (nSPS) is 11.6. The molecule has 3 aromatic heterocycles. The standard InChI is InChI=1S/C22H23N5O/c1-13(2)20-11-16(17-12-24-27(14(3)4)21(17)25-20)22(28)26-19-9-5-8-18-15(19)7-6-10-23-18/h5-14H,1-4H3,(H,26,28). The predicted octanol–water partition coefficient (Wildman–Crippen LogP) is 4.94. The number of nitrogens with zero attached hydrogens (tertiary/aromatic N) is 4. The Morgan fingerprint density at radius 3 is 2.64 bits per heavy atom. The number of amides is 1. The number of anilines is 1. The molecule has 28 heavy (non-hydrogen) atoms. The highest BCUT2D eigenvalue weighted by atomic mass is 16.1. The number of carbonyl (C=O) groups excluding carboxylic acids is 1. The van der Waals surface area contributed by atoms with Gasteiger partial charge in [0.1, 0.15) is 0 Å². The molecule has 1 N–H and O–H groups in total. The lowest BCUT2D eigenvalue weighted by Crippen LogP contribution is -2.14. The van der Waals surface area contributed by atoms with Crippen LogP contribution in [0.2, 0.25) is 0 Å². The maximum Gasteiger partial charge on any atom is 0.256 e. The molecule has 0 spiro atoms. The van der Waals surface area contributed by atoms with Crippen LogP contribution in [0, 0.1) is 0 Å². The first kappa shape index (κ1) is 18.1. The third-order valence-electron chi connectivity index (χ3n) is 4.81. The van der Waals surface area contributed by atoms with Crippen molar-refractivity contribution in [1.29, 1.82) is 0 Å². The summed E-state index contributed by atoms with van der Waals surface area (Å²) in [6.07, 6.45) is 3.47. The van der Waals surface area contributed by atoms with Crippen LogP contribution in [0.3, 0.4) is 0 Å². The van der Waals surface area contributed by atoms with Crippen molar-refractivity contribution in [1.82, 2.24) is 19.7 Å². The summed E-state index contributed by atoms with van der Waals surface area (Å²) in [5.74, 6) is 0.0298. The van der Waals surface area contributed by atoms with E-state index in [2.05, 4.69) is 43.1 Å². The Morgan fingerprint density at radius 2 is 1.89 bits per heavy atom. The van der Waals surface area contributed by atoms with Gasteiger partial charge in [0, 0.05) is 23.3 Å². The van der Waals surface area contributed by atoms with Gasteiger partial charge < -0.3 is 5.32 Å². The highest BCUT2D eigenvalue weighted by Gasteiger charge is 2.19. The zero-order valence-corrected chi connectivity index (χ0v) is 16.5. The lowest BCUT2D eigenvalue weighted by molar-refractivity contribution is 0.102. The molecule has 1 aromatic carbocycles. The Bertz CT molecular complexity index is 1170. The summed E-state index contributed by atoms with van der Waals surface area (Å²) in [5, 5.41) is 9.18. The summed E-state index contributed by atoms with van der Waals surface area (Å²) in [6, 6.07) is 11.6. The van der Waals surface area contributed by atoms with E-state index in [1.54, 1.807) is 12.4 Å². The van der Waals surface area contributed by atoms with Crippen molar-refractivity contribution in [3.05, 3.63) is 60.0 Å². The molecule has 0 radical (unpaired) electrons. The van der Waals surface area contributed by atoms with Gasteiger partial charge in [-0.05, 0) is 50.1 Å². The maximum absolute atomic E-state index is 13.2. The molecule has 0 atom stereocenters. The van der Waals surface area contributed by atoms with Crippen LogP contribution in [0.25, 0.3) is 21.9 Å². The number of rotatable bonds is 4. The number of aromatic nitrogens is 4. The second-order valence-electron chi connectivity index (χ2n) is 7.50. The number of nitrogens with one attached hydrogen (secondary N) is 1. The molecular formula is C22H23N5O. The van der Waals surface area contributed by atoms with Crippen LogP contribution < -0.4 is 5.32 Å². The maximum atomic E-state index is 13.2. The highest BCUT2D eigenvalue weighted by molar-refractivity contribution is 6.14. The van der Waals surface area contributed by atoms with Crippen molar-refractivity contribution in [2.24, 2.45) is 0 Å². The average Bonchev–Trinajstić information content (AvgIpc) is 3.11. The van der Waals surface area contributed by atoms with Crippen molar-refractivity contribution >= 4 is 33.5 Å². The molecule has 0 saturated heterocycles. The number of hydrogen-bond acceptors (Lipinski definition) is 4. The van der Waals surface area contributed by atoms with Crippen LogP contribution in [0.5, 0.6) is 0 Å². The van der Waals surface area contributed by atoms with Crippen molar-refractivity contribution in [2.45, 2.75) is 39.7 Å². The molecule has 0 aliphatic rings. The molecule has 0 aliphatic carbocycles. The summed E-state index contributed by atoms with van der Waals surface area (Å²) in [7, 11) is 0. The third kappa shape index (κ3) is 3.11. The van der Waals surface area contributed by atoms with E-state index in [4.69, 9.17) is 4.98 Å². The minimum Gasteiger partial charge on any atom is -0.321 e. The lowest BCUT2D eigenvalue weighted by Gasteiger charge is -2.13. The van der Waals surface area contributed by atoms with Gasteiger partial charge in [0.05, 0.1) is 28.4 Å². The summed E-state index contributed by atoms with van der Waals surface area (Å²) in [6.45, 7) is 8.25. The van der Waals surface area contributed by atoms with Crippen LogP contribution in [0.1, 0.15) is 55.7 Å². The molecule has 142 valence electrons. The van der Waals surface area contributed by atoms with E-state index in [0.717, 1.165) is 33.3 Å². The number of fused-ring (bicyclic) bond motifs is 2. The first-order valence-corrected chi connectivity index (χ1v) is 9.49. The molecule has 0 saturated carbocycles. The van der Waals surface area contributed by atoms with Crippen LogP contribution in [0.15, 0.2) is 48.8 Å². The van der Waals surface area contributed by atoms with Crippen molar-refractivity contribution < 1.29 is 4.79 Å². The summed E-state index contributed by atoms with van der Waals surface area (Å²) >= 11 is 0. The third-order valence-corrected chi connectivity index (χ3v) is 4.81. The fourth-order valence-corrected chi connectivity index (χ4v) is 3.30. The van der Waals surface area contributed by atoms with Crippen molar-refractivity contribution in [2.75, 3.05) is 5.32 Å². The molecule has 3 heterocycles. The van der Waals surface area contributed by atoms with Gasteiger partial charge >= 0.3 is 0 Å². The molecule has 0 unspecified atom stereocenters. The van der Waals surface area contributed by atoms with Gasteiger partial charge in [0.2, 0.25) is 0 Å². The zero-order chi connectivity index (χ0) is 19.8. The molecule has 6 heteroatoms. The van der Waals surface area contributed by atoms with E-state index < -0.39 is 0 Å². The van der Waals surface area contributed by atoms with Gasteiger partial charge in [-0.25, -0.2) is 9.67 Å². The minimum absolute atomic E-state index is 0.160. The van der Waals surface area contributed by atoms with Crippen LogP contribution in [0.4, 0.5) is 5.69 Å². The Hall–Kier alpha value is -3.28. The number of carbonyl (C=O) groups is 1. The first-order chi connectivity index (χ1) is 13.5. The van der Waals surface area contributed by atoms with E-state index in [1.165, 1.54) is 0 Å². The van der Waals surface area contributed by atoms with Gasteiger partial charge in [0.15, 0.2) is 5.65 Å². The smallest absolute Gasteiger partial charge is 0.256 e. The van der Waals surface area contributed by atoms with E-state index >= 15 is 0 Å². The van der Waals surface area contributed by atoms with Crippen LogP contribution in [-0.2, 0) is 0 Å². The van der Waals surface area contributed by atoms with E-state index in [-0.39, 0.29) is 17.9 Å². The molecule has 0 aliphatic heterocycles. The second-order valence-corrected chi connectivity index (χ2v) is 7.50. The van der Waals surface area contributed by atoms with Crippen molar-refractivity contribution in [3.8, 4) is 0 Å². The molecule has 1 amide bonds. The minimum atomic E-state index is -0.172. The lowest BCUT2D eigenvalue weighted by atomic mass is 10.0. The van der Waals surface area contributed by atoms with E-state index in [1.807, 2.05) is 41.1 Å². The van der Waals surface area contributed by atoms with Crippen LogP contribution in [-0.4, -0.2) is 25.7 Å². The van der Waals surface area contributed by atoms with Crippen molar-refractivity contribution in [3.63, 3.8) is 0 Å². The average molecular weight is 373 g/mol. The number of pyridine rings is 2. The molecule has 0 bridgehead atoms. The van der Waals surface area contributed by atoms with Gasteiger partial charge in [0.25, 0.3) is 5.91 Å². The predicted molar refractivity (Wildman–Crippen MR) is 112 cm³/mol. The van der Waals surface area contributed by atoms with Gasteiger partial charge in [-0.1, -0.05) is 19.9 Å². The quantitative estimate of drug-likeness (QED) is 0.550. The SMILES string of the molecule is CC(C)c1cc(C(=O)Nc2cccc3ncccc23)c2cnn(C(C)C)c2n1. The second kappa shape index (κ2) is 7.03. The van der Waals surface area contributed by atoms with E-state index in [9.17, 15) is 4.79 Å². The summed E-state index contributed by atoms with van der Waals surface area (Å²) < 4.78 is 1.86. The van der Waals surface area contributed by atoms with Gasteiger partial charge in [-0.2, -0.15) is 5.10 Å².